The monoisotopic (exact) mass is 771 g/mol. The van der Waals surface area contributed by atoms with Gasteiger partial charge in [0.25, 0.3) is 5.91 Å². The van der Waals surface area contributed by atoms with Gasteiger partial charge in [0.2, 0.25) is 5.91 Å². The van der Waals surface area contributed by atoms with Crippen molar-refractivity contribution in [2.75, 3.05) is 26.8 Å². The van der Waals surface area contributed by atoms with Crippen molar-refractivity contribution in [2.24, 2.45) is 5.16 Å². The summed E-state index contributed by atoms with van der Waals surface area (Å²) in [5.41, 5.74) is -0.442. The van der Waals surface area contributed by atoms with Crippen molar-refractivity contribution in [1.29, 1.82) is 0 Å². The van der Waals surface area contributed by atoms with E-state index in [0.717, 1.165) is 0 Å². The van der Waals surface area contributed by atoms with Crippen molar-refractivity contribution in [3.05, 3.63) is 47.4 Å². The number of ether oxygens (including phenoxy) is 2. The second kappa shape index (κ2) is 13.1. The number of hydrogen-bond donors (Lipinski definition) is 4. The second-order valence-electron chi connectivity index (χ2n) is 8.26. The highest BCUT2D eigenvalue weighted by Crippen LogP contribution is 2.44. The van der Waals surface area contributed by atoms with E-state index in [1.165, 1.54) is 14.0 Å². The topological polar surface area (TPSA) is 139 Å². The number of allylic oxidation sites excluding steroid dienone is 1. The van der Waals surface area contributed by atoms with Crippen LogP contribution in [0.5, 0.6) is 5.75 Å². The smallest absolute Gasteiger partial charge is 0.269 e. The number of hydrogen-bond acceptors (Lipinski definition) is 8. The van der Waals surface area contributed by atoms with Crippen LogP contribution >= 0.6 is 63.7 Å². The first-order valence-electron chi connectivity index (χ1n) is 11.1. The van der Waals surface area contributed by atoms with Crippen molar-refractivity contribution in [3.8, 4) is 5.75 Å². The number of aliphatic hydroxyl groups excluding tert-OH is 2. The van der Waals surface area contributed by atoms with Gasteiger partial charge in [0.15, 0.2) is 5.60 Å². The number of carbonyl (C=O) groups is 2. The van der Waals surface area contributed by atoms with Crippen LogP contribution in [0.25, 0.3) is 0 Å². The van der Waals surface area contributed by atoms with Crippen molar-refractivity contribution < 1.29 is 34.1 Å². The van der Waals surface area contributed by atoms with E-state index in [1.54, 1.807) is 18.2 Å². The predicted octanol–water partition coefficient (Wildman–Crippen LogP) is 3.69. The molecule has 3 atom stereocenters. The fourth-order valence-electron chi connectivity index (χ4n) is 3.64. The number of carbonyl (C=O) groups excluding carboxylic acids is 2. The van der Waals surface area contributed by atoms with Gasteiger partial charge in [0.05, 0.1) is 37.7 Å². The van der Waals surface area contributed by atoms with E-state index in [-0.39, 0.29) is 24.6 Å². The van der Waals surface area contributed by atoms with Gasteiger partial charge in [-0.25, -0.2) is 0 Å². The minimum absolute atomic E-state index is 0.0811. The first kappa shape index (κ1) is 30.1. The van der Waals surface area contributed by atoms with Gasteiger partial charge in [-0.2, -0.15) is 0 Å². The van der Waals surface area contributed by atoms with Crippen molar-refractivity contribution >= 4 is 81.2 Å². The summed E-state index contributed by atoms with van der Waals surface area (Å²) in [5, 5.41) is 30.2. The first-order chi connectivity index (χ1) is 17.5. The summed E-state index contributed by atoms with van der Waals surface area (Å²) in [5.74, 6) is 0.369. The van der Waals surface area contributed by atoms with Crippen molar-refractivity contribution in [1.82, 2.24) is 10.6 Å². The molecule has 10 nitrogen and oxygen atoms in total. The van der Waals surface area contributed by atoms with E-state index in [9.17, 15) is 19.8 Å². The summed E-state index contributed by atoms with van der Waals surface area (Å²) in [6.07, 6.45) is 0.265. The highest BCUT2D eigenvalue weighted by molar-refractivity contribution is 9.12. The molecule has 1 heterocycles. The van der Waals surface area contributed by atoms with Crippen LogP contribution in [0.2, 0.25) is 0 Å². The third-order valence-electron chi connectivity index (χ3n) is 5.55. The largest absolute Gasteiger partial charge is 0.495 e. The van der Waals surface area contributed by atoms with E-state index in [1.807, 2.05) is 0 Å². The molecule has 1 aromatic rings. The third-order valence-corrected chi connectivity index (χ3v) is 8.11. The van der Waals surface area contributed by atoms with Gasteiger partial charge < -0.3 is 35.2 Å². The average molecular weight is 775 g/mol. The average Bonchev–Trinajstić information content (AvgIpc) is 3.27. The molecule has 4 N–H and O–H groups in total. The maximum Gasteiger partial charge on any atom is 0.269 e. The summed E-state index contributed by atoms with van der Waals surface area (Å²) >= 11 is 13.6. The summed E-state index contributed by atoms with van der Waals surface area (Å²) in [6, 6.07) is 3.44. The molecule has 37 heavy (non-hydrogen) atoms. The van der Waals surface area contributed by atoms with E-state index in [2.05, 4.69) is 79.5 Å². The minimum atomic E-state index is -1.21. The molecule has 0 aromatic heterocycles. The van der Waals surface area contributed by atoms with Crippen LogP contribution in [0.3, 0.4) is 0 Å². The number of rotatable bonds is 10. The maximum absolute atomic E-state index is 12.6. The Bertz CT molecular complexity index is 1130. The van der Waals surface area contributed by atoms with E-state index < -0.39 is 23.7 Å². The first-order valence-corrected chi connectivity index (χ1v) is 14.2. The van der Waals surface area contributed by atoms with Crippen LogP contribution in [0.4, 0.5) is 0 Å². The molecule has 1 spiro atoms. The zero-order valence-electron chi connectivity index (χ0n) is 19.8. The van der Waals surface area contributed by atoms with Crippen LogP contribution < -0.4 is 15.4 Å². The Morgan fingerprint density at radius 3 is 2.54 bits per heavy atom. The quantitative estimate of drug-likeness (QED) is 0.266. The molecule has 2 aliphatic rings. The van der Waals surface area contributed by atoms with Gasteiger partial charge in [0.1, 0.15) is 23.3 Å². The Morgan fingerprint density at radius 1 is 1.24 bits per heavy atom. The number of amides is 2. The maximum atomic E-state index is 12.6. The number of aliphatic hydroxyl groups is 2. The lowest BCUT2D eigenvalue weighted by molar-refractivity contribution is -0.119. The van der Waals surface area contributed by atoms with Gasteiger partial charge >= 0.3 is 0 Å². The Labute approximate surface area is 247 Å². The fourth-order valence-corrected chi connectivity index (χ4v) is 6.88. The van der Waals surface area contributed by atoms with Gasteiger partial charge in [-0.3, -0.25) is 9.59 Å². The van der Waals surface area contributed by atoms with Crippen LogP contribution in [0.15, 0.2) is 47.0 Å². The molecule has 0 saturated heterocycles. The van der Waals surface area contributed by atoms with E-state index in [4.69, 9.17) is 14.3 Å². The molecular formula is C23H25Br4N3O7. The number of nitrogens with one attached hydrogen (secondary N) is 2. The minimum Gasteiger partial charge on any atom is -0.495 e. The molecule has 1 aromatic carbocycles. The van der Waals surface area contributed by atoms with Gasteiger partial charge in [0, 0.05) is 26.4 Å². The van der Waals surface area contributed by atoms with Gasteiger partial charge in [-0.1, -0.05) is 5.16 Å². The predicted molar refractivity (Wildman–Crippen MR) is 150 cm³/mol. The Kier molecular flexibility index (Phi) is 10.6. The molecular weight excluding hydrogens is 750 g/mol. The van der Waals surface area contributed by atoms with Gasteiger partial charge in [-0.05, 0) is 93.9 Å². The zero-order chi connectivity index (χ0) is 27.3. The molecule has 1 aliphatic carbocycles. The number of benzene rings is 1. The number of oxime groups is 1. The summed E-state index contributed by atoms with van der Waals surface area (Å²) in [6.45, 7) is 2.12. The molecule has 202 valence electrons. The lowest BCUT2D eigenvalue weighted by Crippen LogP contribution is -2.45. The normalized spacial score (nSPS) is 21.7. The molecule has 0 radical (unpaired) electrons. The summed E-state index contributed by atoms with van der Waals surface area (Å²) in [7, 11) is 1.48. The number of halogens is 4. The third kappa shape index (κ3) is 7.15. The molecule has 0 unspecified atom stereocenters. The summed E-state index contributed by atoms with van der Waals surface area (Å²) in [4.78, 5) is 29.2. The number of methoxy groups -OCH3 is 1. The number of nitrogens with zero attached hydrogens (tertiary/aromatic N) is 1. The highest BCUT2D eigenvalue weighted by atomic mass is 79.9. The van der Waals surface area contributed by atoms with Crippen LogP contribution in [-0.4, -0.2) is 66.3 Å². The summed E-state index contributed by atoms with van der Waals surface area (Å²) < 4.78 is 13.3. The molecule has 1 aliphatic heterocycles. The molecule has 14 heteroatoms. The standard InChI is InChI=1S/C23H25Br4N3O7/c1-11(31)29-10-17(32)12-6-13(24)19(14(25)7-12)36-5-3-4-28-22(34)16-9-23(37-30-16)8-15(26)20(35-2)18(27)21(23)33/h6-8,17,21,32-33H,3-5,9-10H2,1-2H3,(H,28,34)(H,29,31)/t17-,21+,23-/m0/s1. The molecule has 2 amide bonds. The van der Waals surface area contributed by atoms with Crippen LogP contribution in [-0.2, 0) is 19.2 Å². The van der Waals surface area contributed by atoms with E-state index >= 15 is 0 Å². The Balaban J connectivity index is 1.47. The molecule has 0 saturated carbocycles. The second-order valence-corrected chi connectivity index (χ2v) is 11.7. The molecule has 3 rings (SSSR count). The lowest BCUT2D eigenvalue weighted by Gasteiger charge is -2.33. The molecule has 0 bridgehead atoms. The van der Waals surface area contributed by atoms with Crippen molar-refractivity contribution in [3.63, 3.8) is 0 Å². The van der Waals surface area contributed by atoms with Gasteiger partial charge in [-0.15, -0.1) is 0 Å². The zero-order valence-corrected chi connectivity index (χ0v) is 26.2. The lowest BCUT2D eigenvalue weighted by atomic mass is 9.87. The molecule has 0 fully saturated rings. The van der Waals surface area contributed by atoms with Crippen LogP contribution in [0, 0.1) is 0 Å². The Morgan fingerprint density at radius 2 is 1.92 bits per heavy atom. The van der Waals surface area contributed by atoms with Crippen molar-refractivity contribution in [2.45, 2.75) is 37.6 Å². The Hall–Kier alpha value is -1.45. The SMILES string of the molecule is COC1=C(Br)[C@@H](O)[C@]2(C=C1Br)CC(C(=O)NCCCOc1c(Br)cc([C@@H](O)CNC(C)=O)cc1Br)=NO2. The fraction of sp³-hybridized carbons (Fsp3) is 0.435. The van der Waals surface area contributed by atoms with E-state index in [0.29, 0.717) is 54.6 Å². The van der Waals surface area contributed by atoms with Crippen LogP contribution in [0.1, 0.15) is 31.4 Å². The highest BCUT2D eigenvalue weighted by Gasteiger charge is 2.50.